The van der Waals surface area contributed by atoms with Gasteiger partial charge in [0.25, 0.3) is 0 Å². The molecule has 0 saturated carbocycles. The zero-order valence-corrected chi connectivity index (χ0v) is 21.6. The molecule has 5 rings (SSSR count). The van der Waals surface area contributed by atoms with Crippen molar-refractivity contribution in [2.75, 3.05) is 32.2 Å². The number of fused-ring (bicyclic) bond motifs is 1. The largest absolute Gasteiger partial charge is 0.491 e. The summed E-state index contributed by atoms with van der Waals surface area (Å²) in [4.78, 5) is 27.5. The number of pyridine rings is 1. The van der Waals surface area contributed by atoms with Gasteiger partial charge in [-0.2, -0.15) is 0 Å². The van der Waals surface area contributed by atoms with Crippen LogP contribution in [0.2, 0.25) is 0 Å². The van der Waals surface area contributed by atoms with Crippen molar-refractivity contribution in [1.29, 1.82) is 0 Å². The second kappa shape index (κ2) is 11.9. The maximum atomic E-state index is 12.4. The third-order valence-corrected chi connectivity index (χ3v) is 6.56. The molecule has 1 amide bonds. The van der Waals surface area contributed by atoms with Gasteiger partial charge in [-0.15, -0.1) is 0 Å². The highest BCUT2D eigenvalue weighted by molar-refractivity contribution is 5.95. The number of methoxy groups -OCH3 is 1. The molecule has 0 unspecified atom stereocenters. The minimum absolute atomic E-state index is 0.00923. The van der Waals surface area contributed by atoms with Gasteiger partial charge in [-0.3, -0.25) is 9.78 Å². The Bertz CT molecular complexity index is 1390. The normalized spacial score (nSPS) is 15.0. The summed E-state index contributed by atoms with van der Waals surface area (Å²) in [6.07, 6.45) is 5.15. The first-order valence-electron chi connectivity index (χ1n) is 12.7. The number of aryl methyl sites for hydroxylation is 1. The fraction of sp³-hybridized carbons (Fsp3) is 0.310. The van der Waals surface area contributed by atoms with Crippen molar-refractivity contribution in [3.05, 3.63) is 78.4 Å². The molecule has 1 aliphatic rings. The van der Waals surface area contributed by atoms with E-state index < -0.39 is 0 Å². The van der Waals surface area contributed by atoms with Crippen molar-refractivity contribution in [3.63, 3.8) is 0 Å². The molecule has 196 valence electrons. The Labute approximate surface area is 221 Å². The van der Waals surface area contributed by atoms with Crippen molar-refractivity contribution in [2.24, 2.45) is 0 Å². The summed E-state index contributed by atoms with van der Waals surface area (Å²) in [7, 11) is 1.54. The molecule has 0 spiro atoms. The van der Waals surface area contributed by atoms with Crippen LogP contribution >= 0.6 is 0 Å². The number of hydrogen-bond donors (Lipinski definition) is 1. The van der Waals surface area contributed by atoms with Crippen LogP contribution in [-0.2, 0) is 16.1 Å². The maximum absolute atomic E-state index is 12.4. The summed E-state index contributed by atoms with van der Waals surface area (Å²) in [5, 5.41) is 4.21. The van der Waals surface area contributed by atoms with E-state index >= 15 is 0 Å². The third kappa shape index (κ3) is 5.84. The zero-order valence-electron chi connectivity index (χ0n) is 21.6. The van der Waals surface area contributed by atoms with Crippen molar-refractivity contribution in [3.8, 4) is 11.5 Å². The Hall–Kier alpha value is -4.24. The van der Waals surface area contributed by atoms with E-state index in [1.165, 1.54) is 13.4 Å². The van der Waals surface area contributed by atoms with Crippen LogP contribution in [0, 0.1) is 6.92 Å². The first-order valence-corrected chi connectivity index (χ1v) is 12.7. The minimum atomic E-state index is -0.00923. The van der Waals surface area contributed by atoms with Gasteiger partial charge in [-0.25, -0.2) is 9.97 Å². The minimum Gasteiger partial charge on any atom is -0.491 e. The Morgan fingerprint density at radius 2 is 1.97 bits per heavy atom. The van der Waals surface area contributed by atoms with E-state index in [2.05, 4.69) is 20.3 Å². The van der Waals surface area contributed by atoms with E-state index in [0.717, 1.165) is 53.0 Å². The van der Waals surface area contributed by atoms with Gasteiger partial charge < -0.3 is 24.4 Å². The first-order chi connectivity index (χ1) is 18.6. The summed E-state index contributed by atoms with van der Waals surface area (Å²) in [5.41, 5.74) is 3.50. The lowest BCUT2D eigenvalue weighted by molar-refractivity contribution is -0.136. The third-order valence-electron chi connectivity index (χ3n) is 6.56. The van der Waals surface area contributed by atoms with Crippen molar-refractivity contribution < 1.29 is 19.0 Å². The van der Waals surface area contributed by atoms with E-state index in [0.29, 0.717) is 24.8 Å². The number of ether oxygens (including phenoxy) is 3. The first kappa shape index (κ1) is 25.4. The molecule has 1 fully saturated rings. The SMILES string of the molecule is COCC(=O)N1CCC[C@@H]1COc1cccc2ncnc(Nc3ccc(OCc4ccccn4)c(C)c3)c12. The molecule has 2 aromatic heterocycles. The van der Waals surface area contributed by atoms with E-state index in [4.69, 9.17) is 14.2 Å². The van der Waals surface area contributed by atoms with Crippen molar-refractivity contribution in [2.45, 2.75) is 32.4 Å². The molecule has 1 N–H and O–H groups in total. The molecule has 4 aromatic rings. The highest BCUT2D eigenvalue weighted by atomic mass is 16.5. The molecular formula is C29H31N5O4. The fourth-order valence-corrected chi connectivity index (χ4v) is 4.68. The van der Waals surface area contributed by atoms with Gasteiger partial charge in [0.2, 0.25) is 5.91 Å². The molecule has 0 bridgehead atoms. The highest BCUT2D eigenvalue weighted by Gasteiger charge is 2.29. The lowest BCUT2D eigenvalue weighted by Crippen LogP contribution is -2.40. The Kier molecular flexibility index (Phi) is 7.94. The van der Waals surface area contributed by atoms with Gasteiger partial charge in [-0.05, 0) is 67.8 Å². The smallest absolute Gasteiger partial charge is 0.248 e. The van der Waals surface area contributed by atoms with Crippen LogP contribution in [0.5, 0.6) is 11.5 Å². The predicted octanol–water partition coefficient (Wildman–Crippen LogP) is 4.67. The number of hydrogen-bond acceptors (Lipinski definition) is 8. The van der Waals surface area contributed by atoms with Crippen LogP contribution in [0.15, 0.2) is 67.1 Å². The summed E-state index contributed by atoms with van der Waals surface area (Å²) in [5.74, 6) is 2.10. The highest BCUT2D eigenvalue weighted by Crippen LogP contribution is 2.33. The summed E-state index contributed by atoms with van der Waals surface area (Å²) in [6, 6.07) is 17.4. The maximum Gasteiger partial charge on any atom is 0.248 e. The summed E-state index contributed by atoms with van der Waals surface area (Å²) < 4.78 is 17.3. The van der Waals surface area contributed by atoms with E-state index in [1.807, 2.05) is 66.4 Å². The number of carbonyl (C=O) groups is 1. The number of benzene rings is 2. The second-order valence-corrected chi connectivity index (χ2v) is 9.21. The molecule has 1 atom stereocenters. The van der Waals surface area contributed by atoms with Gasteiger partial charge in [-0.1, -0.05) is 12.1 Å². The van der Waals surface area contributed by atoms with Crippen LogP contribution in [0.25, 0.3) is 10.9 Å². The topological polar surface area (TPSA) is 98.7 Å². The molecule has 1 saturated heterocycles. The van der Waals surface area contributed by atoms with Crippen LogP contribution in [-0.4, -0.2) is 58.7 Å². The van der Waals surface area contributed by atoms with Crippen molar-refractivity contribution in [1.82, 2.24) is 19.9 Å². The number of carbonyl (C=O) groups excluding carboxylic acids is 1. The standard InChI is InChI=1S/C29H31N5O4/c1-20-15-21(11-12-25(20)37-16-22-7-3-4-13-30-22)33-29-28-24(31-19-32-29)9-5-10-26(28)38-17-23-8-6-14-34(23)27(35)18-36-2/h3-5,7,9-13,15,19,23H,6,8,14,16-18H2,1-2H3,(H,31,32,33)/t23-/m1/s1. The van der Waals surface area contributed by atoms with Crippen LogP contribution in [0.3, 0.4) is 0 Å². The Morgan fingerprint density at radius 3 is 2.79 bits per heavy atom. The molecule has 0 radical (unpaired) electrons. The van der Waals surface area contributed by atoms with E-state index in [1.54, 1.807) is 6.20 Å². The molecule has 0 aliphatic carbocycles. The van der Waals surface area contributed by atoms with Gasteiger partial charge >= 0.3 is 0 Å². The van der Waals surface area contributed by atoms with Gasteiger partial charge in [0, 0.05) is 25.5 Å². The number of amides is 1. The zero-order chi connectivity index (χ0) is 26.3. The number of rotatable bonds is 10. The van der Waals surface area contributed by atoms with Crippen LogP contribution < -0.4 is 14.8 Å². The van der Waals surface area contributed by atoms with E-state index in [-0.39, 0.29) is 18.6 Å². The summed E-state index contributed by atoms with van der Waals surface area (Å²) in [6.45, 7) is 3.61. The molecule has 1 aliphatic heterocycles. The average Bonchev–Trinajstić information content (AvgIpc) is 3.41. The quantitative estimate of drug-likeness (QED) is 0.327. The van der Waals surface area contributed by atoms with Crippen molar-refractivity contribution >= 4 is 28.3 Å². The van der Waals surface area contributed by atoms with Gasteiger partial charge in [0.1, 0.15) is 43.5 Å². The molecule has 9 nitrogen and oxygen atoms in total. The second-order valence-electron chi connectivity index (χ2n) is 9.21. The van der Waals surface area contributed by atoms with Gasteiger partial charge in [0.05, 0.1) is 22.6 Å². The van der Waals surface area contributed by atoms with Crippen LogP contribution in [0.4, 0.5) is 11.5 Å². The fourth-order valence-electron chi connectivity index (χ4n) is 4.68. The van der Waals surface area contributed by atoms with Crippen LogP contribution in [0.1, 0.15) is 24.1 Å². The molecule has 2 aromatic carbocycles. The lowest BCUT2D eigenvalue weighted by Gasteiger charge is -2.25. The predicted molar refractivity (Wildman–Crippen MR) is 145 cm³/mol. The van der Waals surface area contributed by atoms with E-state index in [9.17, 15) is 4.79 Å². The number of nitrogens with one attached hydrogen (secondary N) is 1. The molecule has 9 heteroatoms. The molecule has 3 heterocycles. The number of likely N-dealkylation sites (tertiary alicyclic amines) is 1. The lowest BCUT2D eigenvalue weighted by atomic mass is 10.1. The average molecular weight is 514 g/mol. The number of nitrogens with zero attached hydrogens (tertiary/aromatic N) is 4. The molecular weight excluding hydrogens is 482 g/mol. The number of anilines is 2. The molecule has 38 heavy (non-hydrogen) atoms. The Morgan fingerprint density at radius 1 is 1.05 bits per heavy atom. The summed E-state index contributed by atoms with van der Waals surface area (Å²) >= 11 is 0. The monoisotopic (exact) mass is 513 g/mol. The Balaban J connectivity index is 1.32. The number of aromatic nitrogens is 3. The van der Waals surface area contributed by atoms with Gasteiger partial charge in [0.15, 0.2) is 0 Å².